The second-order valence-corrected chi connectivity index (χ2v) is 4.00. The number of ether oxygens (including phenoxy) is 1. The molecule has 0 rings (SSSR count). The van der Waals surface area contributed by atoms with Crippen LogP contribution in [0.3, 0.4) is 0 Å². The van der Waals surface area contributed by atoms with E-state index in [1.807, 2.05) is 0 Å². The van der Waals surface area contributed by atoms with Crippen molar-refractivity contribution in [1.82, 2.24) is 5.32 Å². The minimum atomic E-state index is -4.36. The molecule has 0 heterocycles. The Morgan fingerprint density at radius 1 is 1.13 bits per heavy atom. The van der Waals surface area contributed by atoms with Gasteiger partial charge in [-0.3, -0.25) is 4.52 Å². The number of nitrogens with one attached hydrogen (secondary N) is 1. The van der Waals surface area contributed by atoms with Crippen LogP contribution in [-0.4, -0.2) is 54.4 Å². The average molecular weight is 243 g/mol. The molecule has 0 saturated heterocycles. The quantitative estimate of drug-likeness (QED) is 0.290. The largest absolute Gasteiger partial charge is 0.469 e. The molecule has 0 aromatic rings. The Balaban J connectivity index is 3.02. The molecule has 0 saturated carbocycles. The van der Waals surface area contributed by atoms with Gasteiger partial charge < -0.3 is 24.9 Å². The molecule has 0 radical (unpaired) electrons. The van der Waals surface area contributed by atoms with Crippen LogP contribution in [0.15, 0.2) is 0 Å². The summed E-state index contributed by atoms with van der Waals surface area (Å²) in [4.78, 5) is 16.6. The summed E-state index contributed by atoms with van der Waals surface area (Å²) in [5, 5.41) is 11.5. The molecule has 15 heavy (non-hydrogen) atoms. The van der Waals surface area contributed by atoms with Crippen molar-refractivity contribution in [2.24, 2.45) is 0 Å². The van der Waals surface area contributed by atoms with Gasteiger partial charge in [0.2, 0.25) is 0 Å². The highest BCUT2D eigenvalue weighted by Gasteiger charge is 2.12. The molecule has 92 valence electrons. The van der Waals surface area contributed by atoms with Crippen molar-refractivity contribution >= 4 is 7.82 Å². The average Bonchev–Trinajstić information content (AvgIpc) is 2.14. The Bertz CT molecular complexity index is 184. The van der Waals surface area contributed by atoms with Gasteiger partial charge in [0.15, 0.2) is 0 Å². The highest BCUT2D eigenvalue weighted by Crippen LogP contribution is 2.35. The first kappa shape index (κ1) is 15.0. The summed E-state index contributed by atoms with van der Waals surface area (Å²) in [7, 11) is -4.36. The van der Waals surface area contributed by atoms with Crippen molar-refractivity contribution in [1.29, 1.82) is 0 Å². The van der Waals surface area contributed by atoms with Gasteiger partial charge in [-0.25, -0.2) is 4.57 Å². The molecule has 0 aliphatic heterocycles. The summed E-state index contributed by atoms with van der Waals surface area (Å²) in [6.45, 7) is 1.97. The van der Waals surface area contributed by atoms with E-state index in [0.717, 1.165) is 6.54 Å². The van der Waals surface area contributed by atoms with E-state index in [0.29, 0.717) is 19.6 Å². The minimum Gasteiger partial charge on any atom is -0.396 e. The molecule has 4 N–H and O–H groups in total. The van der Waals surface area contributed by atoms with Crippen LogP contribution in [0.1, 0.15) is 6.42 Å². The van der Waals surface area contributed by atoms with Crippen LogP contribution >= 0.6 is 7.82 Å². The molecule has 0 amide bonds. The fraction of sp³-hybridized carbons (Fsp3) is 1.00. The molecule has 0 aromatic heterocycles. The Kier molecular flexibility index (Phi) is 9.23. The molecular formula is C7H18NO6P. The zero-order valence-corrected chi connectivity index (χ0v) is 9.36. The van der Waals surface area contributed by atoms with Crippen LogP contribution < -0.4 is 5.32 Å². The lowest BCUT2D eigenvalue weighted by Crippen LogP contribution is -2.22. The van der Waals surface area contributed by atoms with Crippen LogP contribution in [0.2, 0.25) is 0 Å². The molecule has 0 atom stereocenters. The van der Waals surface area contributed by atoms with E-state index in [1.54, 1.807) is 0 Å². The molecule has 0 fully saturated rings. The fourth-order valence-electron chi connectivity index (χ4n) is 0.791. The monoisotopic (exact) mass is 243 g/mol. The molecule has 0 spiro atoms. The SMILES string of the molecule is O=P(O)(O)OCCOCCNCCCO. The van der Waals surface area contributed by atoms with Crippen molar-refractivity contribution in [2.75, 3.05) is 39.5 Å². The zero-order chi connectivity index (χ0) is 11.6. The van der Waals surface area contributed by atoms with E-state index < -0.39 is 7.82 Å². The Morgan fingerprint density at radius 3 is 2.47 bits per heavy atom. The molecule has 0 aliphatic rings. The summed E-state index contributed by atoms with van der Waals surface area (Å²) >= 11 is 0. The van der Waals surface area contributed by atoms with Gasteiger partial charge in [-0.05, 0) is 13.0 Å². The van der Waals surface area contributed by atoms with Crippen molar-refractivity contribution in [3.8, 4) is 0 Å². The molecule has 7 nitrogen and oxygen atoms in total. The van der Waals surface area contributed by atoms with Gasteiger partial charge in [0.1, 0.15) is 0 Å². The number of aliphatic hydroxyl groups is 1. The first-order chi connectivity index (χ1) is 7.06. The van der Waals surface area contributed by atoms with E-state index in [-0.39, 0.29) is 19.8 Å². The minimum absolute atomic E-state index is 0.124. The van der Waals surface area contributed by atoms with Gasteiger partial charge in [0.25, 0.3) is 0 Å². The van der Waals surface area contributed by atoms with Crippen LogP contribution in [0.4, 0.5) is 0 Å². The lowest BCUT2D eigenvalue weighted by atomic mass is 10.4. The second kappa shape index (κ2) is 9.23. The summed E-state index contributed by atoms with van der Waals surface area (Å²) in [5.74, 6) is 0. The normalized spacial score (nSPS) is 11.9. The summed E-state index contributed by atoms with van der Waals surface area (Å²) in [6.07, 6.45) is 0.696. The van der Waals surface area contributed by atoms with Crippen LogP contribution in [0.5, 0.6) is 0 Å². The van der Waals surface area contributed by atoms with E-state index in [4.69, 9.17) is 19.6 Å². The molecule has 0 bridgehead atoms. The lowest BCUT2D eigenvalue weighted by Gasteiger charge is -2.06. The van der Waals surface area contributed by atoms with E-state index >= 15 is 0 Å². The third kappa shape index (κ3) is 14.0. The number of phosphoric ester groups is 1. The lowest BCUT2D eigenvalue weighted by molar-refractivity contribution is 0.0868. The maximum atomic E-state index is 10.2. The summed E-state index contributed by atoms with van der Waals surface area (Å²) in [5.41, 5.74) is 0. The van der Waals surface area contributed by atoms with Crippen molar-refractivity contribution in [3.63, 3.8) is 0 Å². The van der Waals surface area contributed by atoms with Gasteiger partial charge >= 0.3 is 7.82 Å². The third-order valence-electron chi connectivity index (χ3n) is 1.42. The summed E-state index contributed by atoms with van der Waals surface area (Å²) in [6, 6.07) is 0. The number of hydrogen-bond donors (Lipinski definition) is 4. The van der Waals surface area contributed by atoms with Gasteiger partial charge in [-0.1, -0.05) is 0 Å². The third-order valence-corrected chi connectivity index (χ3v) is 1.94. The Hall–Kier alpha value is -0.0100. The first-order valence-electron chi connectivity index (χ1n) is 4.65. The molecule has 0 unspecified atom stereocenters. The number of hydrogen-bond acceptors (Lipinski definition) is 5. The van der Waals surface area contributed by atoms with E-state index in [1.165, 1.54) is 0 Å². The fourth-order valence-corrected chi connectivity index (χ4v) is 1.10. The summed E-state index contributed by atoms with van der Waals surface area (Å²) < 4.78 is 19.4. The van der Waals surface area contributed by atoms with Crippen LogP contribution in [0.25, 0.3) is 0 Å². The van der Waals surface area contributed by atoms with Gasteiger partial charge in [0, 0.05) is 13.2 Å². The maximum Gasteiger partial charge on any atom is 0.469 e. The standard InChI is InChI=1S/C7H18NO6P/c9-4-1-2-8-3-5-13-6-7-14-15(10,11)12/h8-9H,1-7H2,(H2,10,11,12). The number of phosphoric acid groups is 1. The van der Waals surface area contributed by atoms with E-state index in [9.17, 15) is 4.57 Å². The van der Waals surface area contributed by atoms with Crippen molar-refractivity contribution < 1.29 is 28.7 Å². The predicted molar refractivity (Wildman–Crippen MR) is 53.4 cm³/mol. The van der Waals surface area contributed by atoms with Crippen LogP contribution in [0, 0.1) is 0 Å². The van der Waals surface area contributed by atoms with Gasteiger partial charge in [-0.2, -0.15) is 0 Å². The van der Waals surface area contributed by atoms with Crippen molar-refractivity contribution in [3.05, 3.63) is 0 Å². The topological polar surface area (TPSA) is 108 Å². The van der Waals surface area contributed by atoms with Gasteiger partial charge in [0.05, 0.1) is 19.8 Å². The van der Waals surface area contributed by atoms with Crippen molar-refractivity contribution in [2.45, 2.75) is 6.42 Å². The van der Waals surface area contributed by atoms with E-state index in [2.05, 4.69) is 9.84 Å². The molecule has 0 aromatic carbocycles. The van der Waals surface area contributed by atoms with Gasteiger partial charge in [-0.15, -0.1) is 0 Å². The highest BCUT2D eigenvalue weighted by molar-refractivity contribution is 7.46. The Labute approximate surface area is 88.6 Å². The second-order valence-electron chi connectivity index (χ2n) is 2.76. The maximum absolute atomic E-state index is 10.2. The highest BCUT2D eigenvalue weighted by atomic mass is 31.2. The van der Waals surface area contributed by atoms with Crippen LogP contribution in [-0.2, 0) is 13.8 Å². The molecule has 8 heteroatoms. The molecular weight excluding hydrogens is 225 g/mol. The first-order valence-corrected chi connectivity index (χ1v) is 6.18. The zero-order valence-electron chi connectivity index (χ0n) is 8.46. The molecule has 0 aliphatic carbocycles. The number of aliphatic hydroxyl groups excluding tert-OH is 1. The number of rotatable bonds is 10. The predicted octanol–water partition coefficient (Wildman–Crippen LogP) is -0.916. The smallest absolute Gasteiger partial charge is 0.396 e. The Morgan fingerprint density at radius 2 is 1.87 bits per heavy atom.